The molecule has 0 unspecified atom stereocenters. The van der Waals surface area contributed by atoms with Gasteiger partial charge in [-0.05, 0) is 30.7 Å². The molecular formula is C13H17NO3. The molecule has 92 valence electrons. The summed E-state index contributed by atoms with van der Waals surface area (Å²) >= 11 is 0. The maximum absolute atomic E-state index is 10.1. The van der Waals surface area contributed by atoms with Gasteiger partial charge in [0.1, 0.15) is 6.29 Å². The van der Waals surface area contributed by atoms with Crippen molar-refractivity contribution in [2.24, 2.45) is 0 Å². The molecule has 1 N–H and O–H groups in total. The van der Waals surface area contributed by atoms with Gasteiger partial charge in [-0.2, -0.15) is 0 Å². The van der Waals surface area contributed by atoms with E-state index < -0.39 is 0 Å². The Kier molecular flexibility index (Phi) is 4.38. The fraction of sp³-hybridized carbons (Fsp3) is 0.462. The Morgan fingerprint density at radius 2 is 2.06 bits per heavy atom. The van der Waals surface area contributed by atoms with Gasteiger partial charge in [0.25, 0.3) is 0 Å². The van der Waals surface area contributed by atoms with E-state index in [1.807, 2.05) is 18.2 Å². The van der Waals surface area contributed by atoms with Crippen LogP contribution in [0.1, 0.15) is 12.0 Å². The van der Waals surface area contributed by atoms with Crippen molar-refractivity contribution < 1.29 is 14.3 Å². The van der Waals surface area contributed by atoms with Crippen molar-refractivity contribution in [1.29, 1.82) is 0 Å². The van der Waals surface area contributed by atoms with Crippen LogP contribution in [-0.2, 0) is 11.2 Å². The fourth-order valence-corrected chi connectivity index (χ4v) is 1.76. The van der Waals surface area contributed by atoms with Crippen molar-refractivity contribution >= 4 is 6.29 Å². The molecule has 0 atom stereocenters. The summed E-state index contributed by atoms with van der Waals surface area (Å²) in [5.41, 5.74) is 1.19. The number of carbonyl (C=O) groups excluding carboxylic acids is 1. The molecule has 0 aromatic heterocycles. The van der Waals surface area contributed by atoms with Gasteiger partial charge in [0, 0.05) is 6.42 Å². The minimum Gasteiger partial charge on any atom is -0.490 e. The molecule has 1 aromatic rings. The minimum absolute atomic E-state index is 0.407. The standard InChI is InChI=1S/C13H17NO3/c15-7-6-14-5-4-11-2-3-12-13(10-11)17-9-1-8-16-12/h2-3,7,10,14H,1,4-6,8-9H2. The molecule has 2 rings (SSSR count). The van der Waals surface area contributed by atoms with E-state index in [1.165, 1.54) is 5.56 Å². The summed E-state index contributed by atoms with van der Waals surface area (Å²) in [6, 6.07) is 6.01. The van der Waals surface area contributed by atoms with Crippen molar-refractivity contribution in [2.75, 3.05) is 26.3 Å². The van der Waals surface area contributed by atoms with Gasteiger partial charge in [-0.1, -0.05) is 6.07 Å². The molecule has 1 aromatic carbocycles. The Bertz CT molecular complexity index is 379. The first-order chi connectivity index (χ1) is 8.40. The van der Waals surface area contributed by atoms with Crippen LogP contribution in [0.2, 0.25) is 0 Å². The highest BCUT2D eigenvalue weighted by molar-refractivity contribution is 5.51. The number of benzene rings is 1. The molecule has 0 radical (unpaired) electrons. The lowest BCUT2D eigenvalue weighted by Gasteiger charge is -2.09. The molecule has 0 bridgehead atoms. The summed E-state index contributed by atoms with van der Waals surface area (Å²) in [7, 11) is 0. The van der Waals surface area contributed by atoms with Crippen LogP contribution in [-0.4, -0.2) is 32.6 Å². The van der Waals surface area contributed by atoms with Gasteiger partial charge in [0.2, 0.25) is 0 Å². The highest BCUT2D eigenvalue weighted by atomic mass is 16.5. The summed E-state index contributed by atoms with van der Waals surface area (Å²) in [5.74, 6) is 1.66. The molecule has 1 aliphatic heterocycles. The molecular weight excluding hydrogens is 218 g/mol. The van der Waals surface area contributed by atoms with E-state index in [0.29, 0.717) is 19.8 Å². The molecule has 0 fully saturated rings. The van der Waals surface area contributed by atoms with Crippen LogP contribution >= 0.6 is 0 Å². The largest absolute Gasteiger partial charge is 0.490 e. The van der Waals surface area contributed by atoms with Gasteiger partial charge < -0.3 is 19.6 Å². The third-order valence-corrected chi connectivity index (χ3v) is 2.63. The van der Waals surface area contributed by atoms with E-state index in [4.69, 9.17) is 9.47 Å². The third-order valence-electron chi connectivity index (χ3n) is 2.63. The van der Waals surface area contributed by atoms with Crippen LogP contribution < -0.4 is 14.8 Å². The molecule has 0 saturated carbocycles. The summed E-state index contributed by atoms with van der Waals surface area (Å²) in [5, 5.41) is 3.04. The molecule has 4 nitrogen and oxygen atoms in total. The predicted molar refractivity (Wildman–Crippen MR) is 64.7 cm³/mol. The lowest BCUT2D eigenvalue weighted by molar-refractivity contribution is -0.107. The molecule has 17 heavy (non-hydrogen) atoms. The second kappa shape index (κ2) is 6.25. The average Bonchev–Trinajstić information content (AvgIpc) is 2.59. The molecule has 1 heterocycles. The van der Waals surface area contributed by atoms with Crippen LogP contribution in [0.3, 0.4) is 0 Å². The first-order valence-corrected chi connectivity index (χ1v) is 5.93. The van der Waals surface area contributed by atoms with Crippen LogP contribution in [0.15, 0.2) is 18.2 Å². The first-order valence-electron chi connectivity index (χ1n) is 5.93. The summed E-state index contributed by atoms with van der Waals surface area (Å²) in [6.45, 7) is 2.62. The van der Waals surface area contributed by atoms with E-state index in [0.717, 1.165) is 37.2 Å². The van der Waals surface area contributed by atoms with Crippen LogP contribution in [0.4, 0.5) is 0 Å². The van der Waals surface area contributed by atoms with Crippen LogP contribution in [0.25, 0.3) is 0 Å². The van der Waals surface area contributed by atoms with Gasteiger partial charge in [-0.3, -0.25) is 0 Å². The van der Waals surface area contributed by atoms with Gasteiger partial charge in [-0.25, -0.2) is 0 Å². The second-order valence-electron chi connectivity index (χ2n) is 3.95. The Hall–Kier alpha value is -1.55. The lowest BCUT2D eigenvalue weighted by Crippen LogP contribution is -2.19. The fourth-order valence-electron chi connectivity index (χ4n) is 1.76. The normalized spacial score (nSPS) is 14.1. The molecule has 0 spiro atoms. The molecule has 0 amide bonds. The van der Waals surface area contributed by atoms with E-state index in [9.17, 15) is 4.79 Å². The van der Waals surface area contributed by atoms with Crippen molar-refractivity contribution in [2.45, 2.75) is 12.8 Å². The predicted octanol–water partition coefficient (Wildman–Crippen LogP) is 1.18. The number of aldehydes is 1. The Labute approximate surface area is 101 Å². The molecule has 0 saturated heterocycles. The van der Waals surface area contributed by atoms with Gasteiger partial charge in [0.05, 0.1) is 19.8 Å². The Balaban J connectivity index is 1.95. The second-order valence-corrected chi connectivity index (χ2v) is 3.95. The third kappa shape index (κ3) is 3.46. The van der Waals surface area contributed by atoms with E-state index in [1.54, 1.807) is 0 Å². The highest BCUT2D eigenvalue weighted by Gasteiger charge is 2.10. The van der Waals surface area contributed by atoms with E-state index in [2.05, 4.69) is 5.32 Å². The first kappa shape index (κ1) is 11.9. The zero-order valence-electron chi connectivity index (χ0n) is 9.78. The van der Waals surface area contributed by atoms with E-state index >= 15 is 0 Å². The quantitative estimate of drug-likeness (QED) is 0.615. The summed E-state index contributed by atoms with van der Waals surface area (Å²) in [4.78, 5) is 10.1. The van der Waals surface area contributed by atoms with Crippen molar-refractivity contribution in [3.63, 3.8) is 0 Å². The number of rotatable bonds is 5. The van der Waals surface area contributed by atoms with E-state index in [-0.39, 0.29) is 0 Å². The molecule has 1 aliphatic rings. The number of fused-ring (bicyclic) bond motifs is 1. The highest BCUT2D eigenvalue weighted by Crippen LogP contribution is 2.30. The molecule has 4 heteroatoms. The van der Waals surface area contributed by atoms with Gasteiger partial charge in [0.15, 0.2) is 11.5 Å². The number of hydrogen-bond donors (Lipinski definition) is 1. The van der Waals surface area contributed by atoms with Crippen molar-refractivity contribution in [1.82, 2.24) is 5.32 Å². The number of hydrogen-bond acceptors (Lipinski definition) is 4. The molecule has 0 aliphatic carbocycles. The zero-order valence-corrected chi connectivity index (χ0v) is 9.78. The minimum atomic E-state index is 0.407. The number of carbonyl (C=O) groups is 1. The number of nitrogens with one attached hydrogen (secondary N) is 1. The monoisotopic (exact) mass is 235 g/mol. The van der Waals surface area contributed by atoms with Gasteiger partial charge >= 0.3 is 0 Å². The van der Waals surface area contributed by atoms with Crippen LogP contribution in [0.5, 0.6) is 11.5 Å². The zero-order chi connectivity index (χ0) is 11.9. The Morgan fingerprint density at radius 1 is 1.24 bits per heavy atom. The average molecular weight is 235 g/mol. The van der Waals surface area contributed by atoms with Crippen LogP contribution in [0, 0.1) is 0 Å². The van der Waals surface area contributed by atoms with Crippen molar-refractivity contribution in [3.05, 3.63) is 23.8 Å². The lowest BCUT2D eigenvalue weighted by atomic mass is 10.1. The maximum atomic E-state index is 10.1. The summed E-state index contributed by atoms with van der Waals surface area (Å²) < 4.78 is 11.2. The smallest absolute Gasteiger partial charge is 0.161 e. The maximum Gasteiger partial charge on any atom is 0.161 e. The topological polar surface area (TPSA) is 47.6 Å². The SMILES string of the molecule is O=CCNCCc1ccc2c(c1)OCCCO2. The van der Waals surface area contributed by atoms with Crippen molar-refractivity contribution in [3.8, 4) is 11.5 Å². The Morgan fingerprint density at radius 3 is 2.88 bits per heavy atom. The van der Waals surface area contributed by atoms with Gasteiger partial charge in [-0.15, -0.1) is 0 Å². The summed E-state index contributed by atoms with van der Waals surface area (Å²) in [6.07, 6.45) is 2.67. The number of ether oxygens (including phenoxy) is 2.